The Kier molecular flexibility index (Phi) is 8.42. The fourth-order valence-electron chi connectivity index (χ4n) is 8.88. The van der Waals surface area contributed by atoms with Gasteiger partial charge in [-0.2, -0.15) is 0 Å². The average Bonchev–Trinajstić information content (AvgIpc) is 3.90. The number of furan rings is 1. The van der Waals surface area contributed by atoms with Gasteiger partial charge in [-0.05, 0) is 69.8 Å². The Hall–Kier alpha value is -8.41. The van der Waals surface area contributed by atoms with Crippen LogP contribution >= 0.6 is 0 Å². The number of nitrogens with zero attached hydrogens (tertiary/aromatic N) is 4. The Balaban J connectivity index is 1.05. The van der Waals surface area contributed by atoms with Gasteiger partial charge in [0.15, 0.2) is 23.1 Å². The van der Waals surface area contributed by atoms with Crippen molar-refractivity contribution in [3.05, 3.63) is 218 Å². The largest absolute Gasteiger partial charge is 0.454 e. The average molecular weight is 793 g/mol. The molecule has 0 amide bonds. The molecule has 0 saturated carbocycles. The van der Waals surface area contributed by atoms with Crippen molar-refractivity contribution < 1.29 is 4.42 Å². The lowest BCUT2D eigenvalue weighted by Crippen LogP contribution is -2.00. The Morgan fingerprint density at radius 2 is 0.758 bits per heavy atom. The van der Waals surface area contributed by atoms with Crippen molar-refractivity contribution in [3.8, 4) is 73.2 Å². The second-order valence-electron chi connectivity index (χ2n) is 15.6. The highest BCUT2D eigenvalue weighted by atomic mass is 16.3. The van der Waals surface area contributed by atoms with Gasteiger partial charge in [-0.15, -0.1) is 0 Å². The molecule has 0 atom stereocenters. The Morgan fingerprint density at radius 1 is 0.323 bits per heavy atom. The molecule has 0 unspecified atom stereocenters. The number of fused-ring (bicyclic) bond motifs is 6. The van der Waals surface area contributed by atoms with Crippen LogP contribution in [-0.4, -0.2) is 19.5 Å². The first-order valence-electron chi connectivity index (χ1n) is 20.8. The maximum atomic E-state index is 6.95. The molecule has 3 aromatic heterocycles. The van der Waals surface area contributed by atoms with Crippen LogP contribution in [0.1, 0.15) is 0 Å². The lowest BCUT2D eigenvalue weighted by atomic mass is 10.0. The molecule has 12 aromatic rings. The first-order valence-corrected chi connectivity index (χ1v) is 20.8. The molecule has 0 bridgehead atoms. The summed E-state index contributed by atoms with van der Waals surface area (Å²) in [4.78, 5) is 15.4. The minimum absolute atomic E-state index is 0.582. The quantitative estimate of drug-likeness (QED) is 0.161. The fourth-order valence-corrected chi connectivity index (χ4v) is 8.88. The van der Waals surface area contributed by atoms with E-state index in [1.807, 2.05) is 48.5 Å². The highest BCUT2D eigenvalue weighted by Crippen LogP contribution is 2.42. The second kappa shape index (κ2) is 14.7. The van der Waals surface area contributed by atoms with E-state index in [4.69, 9.17) is 19.4 Å². The van der Waals surface area contributed by atoms with Crippen LogP contribution in [0.4, 0.5) is 0 Å². The van der Waals surface area contributed by atoms with E-state index < -0.39 is 0 Å². The third-order valence-electron chi connectivity index (χ3n) is 11.9. The smallest absolute Gasteiger partial charge is 0.164 e. The molecule has 5 nitrogen and oxygen atoms in total. The van der Waals surface area contributed by atoms with Gasteiger partial charge in [0.25, 0.3) is 0 Å². The van der Waals surface area contributed by atoms with Gasteiger partial charge in [0.1, 0.15) is 5.58 Å². The first-order chi connectivity index (χ1) is 30.7. The van der Waals surface area contributed by atoms with Crippen molar-refractivity contribution in [2.75, 3.05) is 0 Å². The van der Waals surface area contributed by atoms with Crippen LogP contribution in [0.15, 0.2) is 223 Å². The van der Waals surface area contributed by atoms with Crippen molar-refractivity contribution in [1.29, 1.82) is 0 Å². The lowest BCUT2D eigenvalue weighted by Gasteiger charge is -2.10. The van der Waals surface area contributed by atoms with Gasteiger partial charge in [-0.3, -0.25) is 0 Å². The zero-order valence-electron chi connectivity index (χ0n) is 33.5. The molecule has 0 saturated heterocycles. The number of hydrogen-bond acceptors (Lipinski definition) is 4. The van der Waals surface area contributed by atoms with Gasteiger partial charge in [0.2, 0.25) is 0 Å². The predicted octanol–water partition coefficient (Wildman–Crippen LogP) is 14.9. The van der Waals surface area contributed by atoms with E-state index in [2.05, 4.69) is 174 Å². The summed E-state index contributed by atoms with van der Waals surface area (Å²) in [5, 5.41) is 4.30. The topological polar surface area (TPSA) is 56.7 Å². The Labute approximate surface area is 357 Å². The summed E-state index contributed by atoms with van der Waals surface area (Å²) < 4.78 is 9.30. The van der Waals surface area contributed by atoms with Crippen molar-refractivity contribution >= 4 is 43.7 Å². The molecule has 3 heterocycles. The molecule has 5 heteroatoms. The summed E-state index contributed by atoms with van der Waals surface area (Å²) in [5.41, 5.74) is 14.4. The molecule has 0 aliphatic rings. The van der Waals surface area contributed by atoms with Crippen molar-refractivity contribution in [2.45, 2.75) is 0 Å². The molecule has 62 heavy (non-hydrogen) atoms. The molecule has 9 aromatic carbocycles. The summed E-state index contributed by atoms with van der Waals surface area (Å²) >= 11 is 0. The SMILES string of the molecule is c1ccc(-c2ccc(-c3nc(-c4ccccc4)nc(-c4cccc5oc6c(-n7c8ccc(-c9ccccc9)cc8c8cc(-c9ccccc9)ccc87)cccc6c45)n3)cc2)cc1. The monoisotopic (exact) mass is 792 g/mol. The summed E-state index contributed by atoms with van der Waals surface area (Å²) in [6, 6.07) is 76.3. The first kappa shape index (κ1) is 35.5. The molecular weight excluding hydrogens is 757 g/mol. The Bertz CT molecular complexity index is 3500. The lowest BCUT2D eigenvalue weighted by molar-refractivity contribution is 0.666. The maximum absolute atomic E-state index is 6.95. The minimum Gasteiger partial charge on any atom is -0.454 e. The van der Waals surface area contributed by atoms with E-state index in [0.29, 0.717) is 17.5 Å². The maximum Gasteiger partial charge on any atom is 0.164 e. The van der Waals surface area contributed by atoms with E-state index in [1.54, 1.807) is 0 Å². The van der Waals surface area contributed by atoms with E-state index >= 15 is 0 Å². The zero-order chi connectivity index (χ0) is 41.0. The number of aromatic nitrogens is 4. The molecule has 0 radical (unpaired) electrons. The van der Waals surface area contributed by atoms with E-state index in [0.717, 1.165) is 66.5 Å². The molecule has 0 N–H and O–H groups in total. The standard InChI is InChI=1S/C57H36N4O/c1-5-15-37(16-6-1)40-27-29-42(30-28-40)56-58-55(41-21-11-4-12-22-41)59-57(60-56)46-24-14-26-52-53(46)45-23-13-25-51(54(45)62-52)61-49-33-31-43(38-17-7-2-8-18-38)35-47(49)48-36-44(32-34-50(48)61)39-19-9-3-10-20-39/h1-36H. The molecule has 290 valence electrons. The fraction of sp³-hybridized carbons (Fsp3) is 0. The normalized spacial score (nSPS) is 11.5. The number of rotatable bonds is 7. The molecule has 0 fully saturated rings. The summed E-state index contributed by atoms with van der Waals surface area (Å²) in [6.07, 6.45) is 0. The van der Waals surface area contributed by atoms with Gasteiger partial charge < -0.3 is 8.98 Å². The highest BCUT2D eigenvalue weighted by Gasteiger charge is 2.22. The third kappa shape index (κ3) is 6.06. The van der Waals surface area contributed by atoms with Crippen molar-refractivity contribution in [1.82, 2.24) is 19.5 Å². The predicted molar refractivity (Wildman–Crippen MR) is 254 cm³/mol. The number of benzene rings is 9. The van der Waals surface area contributed by atoms with E-state index in [9.17, 15) is 0 Å². The van der Waals surface area contributed by atoms with Crippen LogP contribution in [0.2, 0.25) is 0 Å². The number of para-hydroxylation sites is 1. The van der Waals surface area contributed by atoms with E-state index in [1.165, 1.54) is 33.0 Å². The molecule has 0 aliphatic carbocycles. The molecular formula is C57H36N4O. The van der Waals surface area contributed by atoms with E-state index in [-0.39, 0.29) is 0 Å². The summed E-state index contributed by atoms with van der Waals surface area (Å²) in [5.74, 6) is 1.80. The minimum atomic E-state index is 0.582. The zero-order valence-corrected chi connectivity index (χ0v) is 33.5. The number of hydrogen-bond donors (Lipinski definition) is 0. The van der Waals surface area contributed by atoms with Crippen LogP contribution < -0.4 is 0 Å². The second-order valence-corrected chi connectivity index (χ2v) is 15.6. The molecule has 12 rings (SSSR count). The molecule has 0 aliphatic heterocycles. The van der Waals surface area contributed by atoms with Gasteiger partial charge in [0.05, 0.1) is 16.7 Å². The van der Waals surface area contributed by atoms with Gasteiger partial charge >= 0.3 is 0 Å². The van der Waals surface area contributed by atoms with Crippen LogP contribution in [0.3, 0.4) is 0 Å². The van der Waals surface area contributed by atoms with Crippen molar-refractivity contribution in [2.24, 2.45) is 0 Å². The highest BCUT2D eigenvalue weighted by molar-refractivity contribution is 6.16. The molecule has 0 spiro atoms. The van der Waals surface area contributed by atoms with Gasteiger partial charge in [-0.1, -0.05) is 182 Å². The van der Waals surface area contributed by atoms with Crippen molar-refractivity contribution in [3.63, 3.8) is 0 Å². The summed E-state index contributed by atoms with van der Waals surface area (Å²) in [6.45, 7) is 0. The third-order valence-corrected chi connectivity index (χ3v) is 11.9. The van der Waals surface area contributed by atoms with Gasteiger partial charge in [0, 0.05) is 38.2 Å². The van der Waals surface area contributed by atoms with Crippen LogP contribution in [0, 0.1) is 0 Å². The van der Waals surface area contributed by atoms with Crippen LogP contribution in [-0.2, 0) is 0 Å². The summed E-state index contributed by atoms with van der Waals surface area (Å²) in [7, 11) is 0. The van der Waals surface area contributed by atoms with Crippen LogP contribution in [0.5, 0.6) is 0 Å². The Morgan fingerprint density at radius 3 is 1.32 bits per heavy atom. The van der Waals surface area contributed by atoms with Crippen LogP contribution in [0.25, 0.3) is 117 Å². The van der Waals surface area contributed by atoms with Gasteiger partial charge in [-0.25, -0.2) is 15.0 Å².